The highest BCUT2D eigenvalue weighted by molar-refractivity contribution is 5.17. The van der Waals surface area contributed by atoms with E-state index in [1.807, 2.05) is 0 Å². The molecule has 6 heteroatoms. The first-order chi connectivity index (χ1) is 8.25. The maximum atomic E-state index is 10.4. The Morgan fingerprint density at radius 3 is 2.82 bits per heavy atom. The Morgan fingerprint density at radius 1 is 1.41 bits per heavy atom. The number of hydrogen-bond donors (Lipinski definition) is 1. The van der Waals surface area contributed by atoms with Gasteiger partial charge in [-0.2, -0.15) is 0 Å². The molecule has 0 radical (unpaired) electrons. The fraction of sp³-hybridized carbons (Fsp3) is 0.636. The van der Waals surface area contributed by atoms with Crippen LogP contribution in [0, 0.1) is 16.0 Å². The summed E-state index contributed by atoms with van der Waals surface area (Å²) in [6, 6.07) is 3.01. The van der Waals surface area contributed by atoms with Gasteiger partial charge in [0.2, 0.25) is 0 Å². The molecule has 94 valence electrons. The average Bonchev–Trinajstić information content (AvgIpc) is 2.79. The number of nitrogens with one attached hydrogen (secondary N) is 1. The van der Waals surface area contributed by atoms with Crippen molar-refractivity contribution in [2.75, 3.05) is 19.8 Å². The van der Waals surface area contributed by atoms with Crippen LogP contribution >= 0.6 is 0 Å². The maximum Gasteiger partial charge on any atom is 0.433 e. The minimum atomic E-state index is -0.526. The summed E-state index contributed by atoms with van der Waals surface area (Å²) in [6.07, 6.45) is 2.15. The lowest BCUT2D eigenvalue weighted by molar-refractivity contribution is -0.402. The van der Waals surface area contributed by atoms with Gasteiger partial charge in [-0.3, -0.25) is 10.1 Å². The molecule has 0 atom stereocenters. The largest absolute Gasteiger partial charge is 0.433 e. The number of hydrogen-bond acceptors (Lipinski definition) is 5. The van der Waals surface area contributed by atoms with Crippen LogP contribution in [0.2, 0.25) is 0 Å². The van der Waals surface area contributed by atoms with Crippen molar-refractivity contribution in [2.45, 2.75) is 19.4 Å². The molecule has 0 spiro atoms. The number of nitrogens with zero attached hydrogens (tertiary/aromatic N) is 1. The highest BCUT2D eigenvalue weighted by atomic mass is 16.6. The minimum Gasteiger partial charge on any atom is -0.404 e. The predicted octanol–water partition coefficient (Wildman–Crippen LogP) is 1.70. The zero-order valence-corrected chi connectivity index (χ0v) is 9.55. The second-order valence-electron chi connectivity index (χ2n) is 4.18. The molecule has 0 aromatic carbocycles. The molecular formula is C11H16N2O4. The third-order valence-electron chi connectivity index (χ3n) is 2.90. The van der Waals surface area contributed by atoms with Crippen LogP contribution in [-0.2, 0) is 11.3 Å². The number of ether oxygens (including phenoxy) is 1. The van der Waals surface area contributed by atoms with Gasteiger partial charge in [-0.15, -0.1) is 0 Å². The fourth-order valence-corrected chi connectivity index (χ4v) is 1.91. The Morgan fingerprint density at radius 2 is 2.18 bits per heavy atom. The molecule has 1 N–H and O–H groups in total. The van der Waals surface area contributed by atoms with Gasteiger partial charge < -0.3 is 14.5 Å². The van der Waals surface area contributed by atoms with E-state index in [1.54, 1.807) is 6.07 Å². The van der Waals surface area contributed by atoms with E-state index in [0.29, 0.717) is 18.2 Å². The van der Waals surface area contributed by atoms with Crippen LogP contribution in [0.5, 0.6) is 0 Å². The molecular weight excluding hydrogens is 224 g/mol. The van der Waals surface area contributed by atoms with E-state index in [0.717, 1.165) is 32.6 Å². The first-order valence-corrected chi connectivity index (χ1v) is 5.77. The third kappa shape index (κ3) is 3.54. The lowest BCUT2D eigenvalue weighted by Gasteiger charge is -2.21. The Hall–Kier alpha value is -1.40. The molecule has 2 rings (SSSR count). The molecule has 1 fully saturated rings. The quantitative estimate of drug-likeness (QED) is 0.626. The molecule has 17 heavy (non-hydrogen) atoms. The Labute approximate surface area is 99.1 Å². The molecule has 1 aliphatic heterocycles. The van der Waals surface area contributed by atoms with Gasteiger partial charge in [0.25, 0.3) is 0 Å². The fourth-order valence-electron chi connectivity index (χ4n) is 1.91. The molecule has 2 heterocycles. The van der Waals surface area contributed by atoms with E-state index in [-0.39, 0.29) is 5.88 Å². The maximum absolute atomic E-state index is 10.4. The molecule has 1 aromatic rings. The van der Waals surface area contributed by atoms with Gasteiger partial charge in [0.15, 0.2) is 0 Å². The van der Waals surface area contributed by atoms with E-state index >= 15 is 0 Å². The van der Waals surface area contributed by atoms with Gasteiger partial charge in [-0.1, -0.05) is 0 Å². The van der Waals surface area contributed by atoms with Gasteiger partial charge >= 0.3 is 5.88 Å². The van der Waals surface area contributed by atoms with E-state index in [2.05, 4.69) is 5.32 Å². The summed E-state index contributed by atoms with van der Waals surface area (Å²) in [5, 5.41) is 13.7. The van der Waals surface area contributed by atoms with Crippen molar-refractivity contribution in [3.63, 3.8) is 0 Å². The van der Waals surface area contributed by atoms with Crippen LogP contribution < -0.4 is 5.32 Å². The van der Waals surface area contributed by atoms with Crippen LogP contribution in [0.1, 0.15) is 18.6 Å². The Balaban J connectivity index is 1.71. The van der Waals surface area contributed by atoms with Crippen molar-refractivity contribution in [1.29, 1.82) is 0 Å². The SMILES string of the molecule is O=[N+]([O-])c1ccc(CNCC2CCOCC2)o1. The highest BCUT2D eigenvalue weighted by Gasteiger charge is 2.14. The summed E-state index contributed by atoms with van der Waals surface area (Å²) >= 11 is 0. The normalized spacial score (nSPS) is 17.2. The molecule has 0 unspecified atom stereocenters. The van der Waals surface area contributed by atoms with Crippen molar-refractivity contribution >= 4 is 5.88 Å². The summed E-state index contributed by atoms with van der Waals surface area (Å²) in [5.41, 5.74) is 0. The summed E-state index contributed by atoms with van der Waals surface area (Å²) < 4.78 is 10.3. The molecule has 1 aromatic heterocycles. The molecule has 0 bridgehead atoms. The average molecular weight is 240 g/mol. The van der Waals surface area contributed by atoms with Crippen molar-refractivity contribution in [2.24, 2.45) is 5.92 Å². The molecule has 1 saturated heterocycles. The summed E-state index contributed by atoms with van der Waals surface area (Å²) in [5.74, 6) is 1.03. The van der Waals surface area contributed by atoms with Crippen LogP contribution in [0.4, 0.5) is 5.88 Å². The Kier molecular flexibility index (Phi) is 4.11. The van der Waals surface area contributed by atoms with Gasteiger partial charge in [0, 0.05) is 13.2 Å². The van der Waals surface area contributed by atoms with E-state index in [9.17, 15) is 10.1 Å². The van der Waals surface area contributed by atoms with E-state index in [1.165, 1.54) is 6.07 Å². The van der Waals surface area contributed by atoms with Gasteiger partial charge in [-0.05, 0) is 31.4 Å². The lowest BCUT2D eigenvalue weighted by Crippen LogP contribution is -2.27. The second-order valence-corrected chi connectivity index (χ2v) is 4.18. The van der Waals surface area contributed by atoms with Crippen molar-refractivity contribution in [3.05, 3.63) is 28.0 Å². The van der Waals surface area contributed by atoms with Gasteiger partial charge in [0.1, 0.15) is 10.7 Å². The standard InChI is InChI=1S/C11H16N2O4/c14-13(15)11-2-1-10(17-11)8-12-7-9-3-5-16-6-4-9/h1-2,9,12H,3-8H2. The van der Waals surface area contributed by atoms with E-state index in [4.69, 9.17) is 9.15 Å². The number of rotatable bonds is 5. The van der Waals surface area contributed by atoms with Crippen molar-refractivity contribution in [3.8, 4) is 0 Å². The van der Waals surface area contributed by atoms with Crippen LogP contribution in [-0.4, -0.2) is 24.7 Å². The first-order valence-electron chi connectivity index (χ1n) is 5.77. The van der Waals surface area contributed by atoms with Crippen molar-refractivity contribution < 1.29 is 14.1 Å². The molecule has 0 saturated carbocycles. The third-order valence-corrected chi connectivity index (χ3v) is 2.90. The molecule has 1 aliphatic rings. The molecule has 0 aliphatic carbocycles. The summed E-state index contributed by atoms with van der Waals surface area (Å²) in [4.78, 5) is 9.89. The van der Waals surface area contributed by atoms with Crippen LogP contribution in [0.3, 0.4) is 0 Å². The smallest absolute Gasteiger partial charge is 0.404 e. The first kappa shape index (κ1) is 12.1. The molecule has 0 amide bonds. The van der Waals surface area contributed by atoms with Crippen LogP contribution in [0.15, 0.2) is 16.5 Å². The number of furan rings is 1. The summed E-state index contributed by atoms with van der Waals surface area (Å²) in [6.45, 7) is 3.10. The van der Waals surface area contributed by atoms with Gasteiger partial charge in [-0.25, -0.2) is 0 Å². The highest BCUT2D eigenvalue weighted by Crippen LogP contribution is 2.16. The van der Waals surface area contributed by atoms with Crippen LogP contribution in [0.25, 0.3) is 0 Å². The lowest BCUT2D eigenvalue weighted by atomic mass is 10.0. The zero-order chi connectivity index (χ0) is 12.1. The van der Waals surface area contributed by atoms with E-state index < -0.39 is 4.92 Å². The monoisotopic (exact) mass is 240 g/mol. The second kappa shape index (κ2) is 5.79. The van der Waals surface area contributed by atoms with Crippen molar-refractivity contribution in [1.82, 2.24) is 5.32 Å². The molecule has 6 nitrogen and oxygen atoms in total. The summed E-state index contributed by atoms with van der Waals surface area (Å²) in [7, 11) is 0. The Bertz CT molecular complexity index is 371. The number of nitro groups is 1. The topological polar surface area (TPSA) is 77.5 Å². The van der Waals surface area contributed by atoms with Gasteiger partial charge in [0.05, 0.1) is 12.6 Å². The predicted molar refractivity (Wildman–Crippen MR) is 60.6 cm³/mol. The zero-order valence-electron chi connectivity index (χ0n) is 9.55. The minimum absolute atomic E-state index is 0.201.